The predicted molar refractivity (Wildman–Crippen MR) is 93.6 cm³/mol. The maximum absolute atomic E-state index is 11.8. The molecule has 0 spiro atoms. The Balaban J connectivity index is 2.02. The molecule has 0 aromatic heterocycles. The molecule has 2 rings (SSSR count). The van der Waals surface area contributed by atoms with Crippen LogP contribution < -0.4 is 5.32 Å². The Kier molecular flexibility index (Phi) is 6.03. The lowest BCUT2D eigenvalue weighted by Crippen LogP contribution is -2.21. The van der Waals surface area contributed by atoms with Crippen LogP contribution in [0.3, 0.4) is 0 Å². The Bertz CT molecular complexity index is 616. The predicted octanol–water partition coefficient (Wildman–Crippen LogP) is 5.18. The Labute approximate surface area is 138 Å². The van der Waals surface area contributed by atoms with Crippen molar-refractivity contribution >= 4 is 46.7 Å². The van der Waals surface area contributed by atoms with Gasteiger partial charge in [0.1, 0.15) is 0 Å². The minimum Gasteiger partial charge on any atom is -0.325 e. The first-order valence-electron chi connectivity index (χ1n) is 6.46. The third-order valence-corrected chi connectivity index (χ3v) is 5.36. The molecule has 1 N–H and O–H groups in total. The molecule has 0 saturated heterocycles. The lowest BCUT2D eigenvalue weighted by atomic mass is 10.3. The summed E-state index contributed by atoms with van der Waals surface area (Å²) in [7, 11) is 0. The molecule has 0 bridgehead atoms. The molecule has 21 heavy (non-hydrogen) atoms. The monoisotopic (exact) mass is 337 g/mol. The average Bonchev–Trinajstić information content (AvgIpc) is 2.50. The summed E-state index contributed by atoms with van der Waals surface area (Å²) in [4.78, 5) is 13.9. The van der Waals surface area contributed by atoms with Crippen molar-refractivity contribution in [2.75, 3.05) is 11.6 Å². The van der Waals surface area contributed by atoms with Crippen molar-refractivity contribution in [2.45, 2.75) is 22.0 Å². The van der Waals surface area contributed by atoms with Gasteiger partial charge in [-0.2, -0.15) is 11.8 Å². The van der Waals surface area contributed by atoms with E-state index in [0.717, 1.165) is 20.5 Å². The van der Waals surface area contributed by atoms with Crippen molar-refractivity contribution < 1.29 is 4.79 Å². The zero-order valence-corrected chi connectivity index (χ0v) is 14.2. The summed E-state index contributed by atoms with van der Waals surface area (Å²) < 4.78 is 0. The number of amides is 1. The van der Waals surface area contributed by atoms with E-state index in [4.69, 9.17) is 11.6 Å². The molecule has 0 heterocycles. The molecule has 2 aromatic carbocycles. The van der Waals surface area contributed by atoms with Crippen LogP contribution >= 0.6 is 35.1 Å². The molecule has 2 aromatic rings. The second kappa shape index (κ2) is 7.78. The van der Waals surface area contributed by atoms with Crippen LogP contribution in [0.5, 0.6) is 0 Å². The summed E-state index contributed by atoms with van der Waals surface area (Å²) >= 11 is 9.28. The Hall–Kier alpha value is -1.10. The highest BCUT2D eigenvalue weighted by molar-refractivity contribution is 8.00. The quantitative estimate of drug-likeness (QED) is 0.814. The average molecular weight is 338 g/mol. The minimum absolute atomic E-state index is 0.0222. The van der Waals surface area contributed by atoms with Gasteiger partial charge in [0.2, 0.25) is 5.91 Å². The third kappa shape index (κ3) is 4.70. The van der Waals surface area contributed by atoms with E-state index in [1.807, 2.05) is 61.7 Å². The normalized spacial score (nSPS) is 12.0. The standard InChI is InChI=1S/C16H16ClNOS2/c1-11(20-2)16(19)18-12-7-9-13(10-8-12)21-15-6-4-3-5-14(15)17/h3-11H,1-2H3,(H,18,19). The van der Waals surface area contributed by atoms with Crippen LogP contribution in [0, 0.1) is 0 Å². The number of carbonyl (C=O) groups excluding carboxylic acids is 1. The molecule has 2 nitrogen and oxygen atoms in total. The SMILES string of the molecule is CSC(C)C(=O)Nc1ccc(Sc2ccccc2Cl)cc1. The number of benzene rings is 2. The first-order chi connectivity index (χ1) is 10.1. The van der Waals surface area contributed by atoms with Crippen LogP contribution in [0.15, 0.2) is 58.3 Å². The highest BCUT2D eigenvalue weighted by atomic mass is 35.5. The molecular weight excluding hydrogens is 322 g/mol. The van der Waals surface area contributed by atoms with Crippen molar-refractivity contribution in [1.29, 1.82) is 0 Å². The van der Waals surface area contributed by atoms with E-state index < -0.39 is 0 Å². The molecule has 0 aliphatic carbocycles. The van der Waals surface area contributed by atoms with Crippen LogP contribution in [-0.2, 0) is 4.79 Å². The molecule has 1 atom stereocenters. The lowest BCUT2D eigenvalue weighted by molar-refractivity contribution is -0.115. The summed E-state index contributed by atoms with van der Waals surface area (Å²) in [5.74, 6) is 0.0222. The fourth-order valence-electron chi connectivity index (χ4n) is 1.61. The van der Waals surface area contributed by atoms with Crippen molar-refractivity contribution in [3.8, 4) is 0 Å². The van der Waals surface area contributed by atoms with Gasteiger partial charge in [-0.25, -0.2) is 0 Å². The first-order valence-corrected chi connectivity index (χ1v) is 8.94. The van der Waals surface area contributed by atoms with Crippen molar-refractivity contribution in [3.05, 3.63) is 53.6 Å². The van der Waals surface area contributed by atoms with E-state index in [2.05, 4.69) is 5.32 Å². The van der Waals surface area contributed by atoms with Gasteiger partial charge in [-0.1, -0.05) is 35.5 Å². The van der Waals surface area contributed by atoms with Gasteiger partial charge in [0, 0.05) is 15.5 Å². The number of nitrogens with one attached hydrogen (secondary N) is 1. The fraction of sp³-hybridized carbons (Fsp3) is 0.188. The summed E-state index contributed by atoms with van der Waals surface area (Å²) in [6, 6.07) is 15.5. The van der Waals surface area contributed by atoms with Gasteiger partial charge in [-0.3, -0.25) is 4.79 Å². The van der Waals surface area contributed by atoms with Crippen molar-refractivity contribution in [1.82, 2.24) is 0 Å². The number of rotatable bonds is 5. The van der Waals surface area contributed by atoms with E-state index in [-0.39, 0.29) is 11.2 Å². The molecule has 110 valence electrons. The van der Waals surface area contributed by atoms with E-state index in [0.29, 0.717) is 0 Å². The van der Waals surface area contributed by atoms with E-state index >= 15 is 0 Å². The Morgan fingerprint density at radius 1 is 1.14 bits per heavy atom. The van der Waals surface area contributed by atoms with Gasteiger partial charge < -0.3 is 5.32 Å². The van der Waals surface area contributed by atoms with Gasteiger partial charge in [0.25, 0.3) is 0 Å². The van der Waals surface area contributed by atoms with Gasteiger partial charge in [-0.05, 0) is 49.6 Å². The number of halogens is 1. The van der Waals surface area contributed by atoms with Crippen molar-refractivity contribution in [2.24, 2.45) is 0 Å². The molecule has 0 radical (unpaired) electrons. The van der Waals surface area contributed by atoms with Gasteiger partial charge in [-0.15, -0.1) is 0 Å². The molecule has 1 unspecified atom stereocenters. The smallest absolute Gasteiger partial charge is 0.237 e. The van der Waals surface area contributed by atoms with E-state index in [1.54, 1.807) is 11.8 Å². The zero-order chi connectivity index (χ0) is 15.2. The first kappa shape index (κ1) is 16.3. The highest BCUT2D eigenvalue weighted by Gasteiger charge is 2.11. The third-order valence-electron chi connectivity index (χ3n) is 2.91. The second-order valence-electron chi connectivity index (χ2n) is 4.42. The Morgan fingerprint density at radius 3 is 2.43 bits per heavy atom. The fourth-order valence-corrected chi connectivity index (χ4v) is 2.97. The molecule has 0 aliphatic rings. The zero-order valence-electron chi connectivity index (χ0n) is 11.8. The van der Waals surface area contributed by atoms with E-state index in [9.17, 15) is 4.79 Å². The number of hydrogen-bond acceptors (Lipinski definition) is 3. The number of anilines is 1. The maximum atomic E-state index is 11.8. The highest BCUT2D eigenvalue weighted by Crippen LogP contribution is 2.33. The van der Waals surface area contributed by atoms with Crippen LogP contribution in [0.4, 0.5) is 5.69 Å². The summed E-state index contributed by atoms with van der Waals surface area (Å²) in [6.07, 6.45) is 1.92. The number of hydrogen-bond donors (Lipinski definition) is 1. The van der Waals surface area contributed by atoms with E-state index in [1.165, 1.54) is 11.8 Å². The molecule has 0 fully saturated rings. The number of carbonyl (C=O) groups is 1. The largest absolute Gasteiger partial charge is 0.325 e. The van der Waals surface area contributed by atoms with Crippen LogP contribution in [0.25, 0.3) is 0 Å². The topological polar surface area (TPSA) is 29.1 Å². The Morgan fingerprint density at radius 2 is 1.81 bits per heavy atom. The summed E-state index contributed by atoms with van der Waals surface area (Å²) in [6.45, 7) is 1.89. The second-order valence-corrected chi connectivity index (χ2v) is 7.13. The minimum atomic E-state index is -0.0535. The van der Waals surface area contributed by atoms with Crippen LogP contribution in [0.1, 0.15) is 6.92 Å². The molecular formula is C16H16ClNOS2. The molecule has 0 saturated carbocycles. The van der Waals surface area contributed by atoms with Gasteiger partial charge >= 0.3 is 0 Å². The van der Waals surface area contributed by atoms with Crippen LogP contribution in [0.2, 0.25) is 5.02 Å². The molecule has 5 heteroatoms. The lowest BCUT2D eigenvalue weighted by Gasteiger charge is -2.10. The molecule has 1 amide bonds. The summed E-state index contributed by atoms with van der Waals surface area (Å²) in [5, 5.41) is 3.59. The molecule has 0 aliphatic heterocycles. The summed E-state index contributed by atoms with van der Waals surface area (Å²) in [5.41, 5.74) is 0.810. The van der Waals surface area contributed by atoms with Gasteiger partial charge in [0.15, 0.2) is 0 Å². The van der Waals surface area contributed by atoms with Gasteiger partial charge in [0.05, 0.1) is 10.3 Å². The van der Waals surface area contributed by atoms with Crippen LogP contribution in [-0.4, -0.2) is 17.4 Å². The number of thioether (sulfide) groups is 1. The maximum Gasteiger partial charge on any atom is 0.237 e. The van der Waals surface area contributed by atoms with Crippen molar-refractivity contribution in [3.63, 3.8) is 0 Å².